The minimum atomic E-state index is 0. The van der Waals surface area contributed by atoms with Crippen LogP contribution in [0.25, 0.3) is 0 Å². The van der Waals surface area contributed by atoms with E-state index >= 15 is 0 Å². The maximum atomic E-state index is 5.28. The highest BCUT2D eigenvalue weighted by molar-refractivity contribution is 14.0. The van der Waals surface area contributed by atoms with Crippen molar-refractivity contribution >= 4 is 51.8 Å². The van der Waals surface area contributed by atoms with Crippen molar-refractivity contribution in [3.63, 3.8) is 0 Å². The number of nitrogens with one attached hydrogen (secondary N) is 1. The molecule has 2 aliphatic rings. The molecule has 28 heavy (non-hydrogen) atoms. The lowest BCUT2D eigenvalue weighted by Gasteiger charge is -2.37. The maximum absolute atomic E-state index is 5.28. The number of halogens is 2. The highest BCUT2D eigenvalue weighted by atomic mass is 127. The fraction of sp³-hybridized carbons (Fsp3) is 0.722. The molecule has 2 heterocycles. The number of guanidine groups is 1. The molecule has 1 unspecified atom stereocenters. The van der Waals surface area contributed by atoms with Gasteiger partial charge in [0.1, 0.15) is 0 Å². The second kappa shape index (κ2) is 10.8. The van der Waals surface area contributed by atoms with E-state index in [4.69, 9.17) is 4.74 Å². The Bertz CT molecular complexity index is 661. The summed E-state index contributed by atoms with van der Waals surface area (Å²) in [6.07, 6.45) is 4.43. The normalized spacial score (nSPS) is 18.7. The van der Waals surface area contributed by atoms with E-state index < -0.39 is 0 Å². The number of piperazine rings is 1. The molecule has 0 radical (unpaired) electrons. The molecule has 8 nitrogen and oxygen atoms in total. The summed E-state index contributed by atoms with van der Waals surface area (Å²) in [5.74, 6) is 3.08. The molecule has 1 aliphatic carbocycles. The van der Waals surface area contributed by atoms with E-state index in [1.54, 1.807) is 13.3 Å². The number of aliphatic imine (C=N–C) groups is 1. The van der Waals surface area contributed by atoms with Gasteiger partial charge in [-0.3, -0.25) is 4.99 Å². The predicted molar refractivity (Wildman–Crippen MR) is 127 cm³/mol. The number of likely N-dealkylation sites (N-methyl/N-ethyl adjacent to an activating group) is 1. The smallest absolute Gasteiger partial charge is 0.232 e. The SMILES string of the molecule is CN=C(NCC(C1CC1)N(C)C)N1CCN(c2ncc(Br)c(OC)n2)CC1.I. The van der Waals surface area contributed by atoms with Crippen molar-refractivity contribution in [2.24, 2.45) is 10.9 Å². The van der Waals surface area contributed by atoms with Crippen LogP contribution in [0.2, 0.25) is 0 Å². The van der Waals surface area contributed by atoms with Gasteiger partial charge in [0.25, 0.3) is 0 Å². The Hall–Kier alpha value is -0.880. The van der Waals surface area contributed by atoms with Crippen LogP contribution in [0.3, 0.4) is 0 Å². The topological polar surface area (TPSA) is 69.1 Å². The zero-order chi connectivity index (χ0) is 19.4. The largest absolute Gasteiger partial charge is 0.480 e. The maximum Gasteiger partial charge on any atom is 0.232 e. The Kier molecular flexibility index (Phi) is 9.00. The Morgan fingerprint density at radius 3 is 2.57 bits per heavy atom. The first-order valence-electron chi connectivity index (χ1n) is 9.47. The molecule has 1 aliphatic heterocycles. The zero-order valence-corrected chi connectivity index (χ0v) is 21.0. The first kappa shape index (κ1) is 23.4. The van der Waals surface area contributed by atoms with Crippen LogP contribution in [0.15, 0.2) is 15.7 Å². The second-order valence-electron chi connectivity index (χ2n) is 7.30. The van der Waals surface area contributed by atoms with Crippen molar-refractivity contribution in [1.29, 1.82) is 0 Å². The van der Waals surface area contributed by atoms with E-state index in [0.29, 0.717) is 17.9 Å². The fourth-order valence-corrected chi connectivity index (χ4v) is 3.89. The average molecular weight is 568 g/mol. The first-order chi connectivity index (χ1) is 13.0. The van der Waals surface area contributed by atoms with Crippen LogP contribution >= 0.6 is 39.9 Å². The lowest BCUT2D eigenvalue weighted by Crippen LogP contribution is -2.54. The van der Waals surface area contributed by atoms with Gasteiger partial charge in [0, 0.05) is 45.8 Å². The Morgan fingerprint density at radius 1 is 1.36 bits per heavy atom. The fourth-order valence-electron chi connectivity index (χ4n) is 3.54. The van der Waals surface area contributed by atoms with E-state index in [1.165, 1.54) is 12.8 Å². The zero-order valence-electron chi connectivity index (χ0n) is 17.1. The molecule has 1 aromatic rings. The van der Waals surface area contributed by atoms with E-state index in [-0.39, 0.29) is 24.0 Å². The van der Waals surface area contributed by atoms with E-state index in [2.05, 4.69) is 65.0 Å². The number of methoxy groups -OCH3 is 1. The van der Waals surface area contributed by atoms with Crippen molar-refractivity contribution < 1.29 is 4.74 Å². The van der Waals surface area contributed by atoms with Gasteiger partial charge in [0.05, 0.1) is 17.8 Å². The molecular formula is C18H31BrIN7O. The molecule has 1 N–H and O–H groups in total. The van der Waals surface area contributed by atoms with Crippen molar-refractivity contribution in [2.45, 2.75) is 18.9 Å². The van der Waals surface area contributed by atoms with Crippen molar-refractivity contribution in [2.75, 3.05) is 65.9 Å². The minimum Gasteiger partial charge on any atom is -0.480 e. The molecule has 1 aromatic heterocycles. The molecule has 1 atom stereocenters. The van der Waals surface area contributed by atoms with Gasteiger partial charge >= 0.3 is 0 Å². The lowest BCUT2D eigenvalue weighted by atomic mass is 10.1. The van der Waals surface area contributed by atoms with E-state index in [0.717, 1.165) is 49.1 Å². The molecule has 0 aromatic carbocycles. The number of nitrogens with zero attached hydrogens (tertiary/aromatic N) is 6. The van der Waals surface area contributed by atoms with Gasteiger partial charge in [-0.05, 0) is 48.8 Å². The summed E-state index contributed by atoms with van der Waals surface area (Å²) in [6.45, 7) is 4.42. The summed E-state index contributed by atoms with van der Waals surface area (Å²) >= 11 is 3.40. The minimum absolute atomic E-state index is 0. The van der Waals surface area contributed by atoms with Crippen LogP contribution in [0.1, 0.15) is 12.8 Å². The van der Waals surface area contributed by atoms with Crippen LogP contribution < -0.4 is 15.0 Å². The Morgan fingerprint density at radius 2 is 2.04 bits per heavy atom. The van der Waals surface area contributed by atoms with Crippen LogP contribution in [0, 0.1) is 5.92 Å². The van der Waals surface area contributed by atoms with Gasteiger partial charge in [0.2, 0.25) is 11.8 Å². The van der Waals surface area contributed by atoms with Gasteiger partial charge in [-0.1, -0.05) is 0 Å². The summed E-state index contributed by atoms with van der Waals surface area (Å²) < 4.78 is 6.05. The van der Waals surface area contributed by atoms with Crippen LogP contribution in [0.4, 0.5) is 5.95 Å². The molecule has 158 valence electrons. The summed E-state index contributed by atoms with van der Waals surface area (Å²) in [6, 6.07) is 0.576. The quantitative estimate of drug-likeness (QED) is 0.320. The Balaban J connectivity index is 0.00000280. The van der Waals surface area contributed by atoms with Crippen LogP contribution in [0.5, 0.6) is 5.88 Å². The Labute approximate surface area is 193 Å². The summed E-state index contributed by atoms with van der Waals surface area (Å²) in [5.41, 5.74) is 0. The van der Waals surface area contributed by atoms with E-state index in [1.807, 2.05) is 7.05 Å². The van der Waals surface area contributed by atoms with Crippen molar-refractivity contribution in [3.8, 4) is 5.88 Å². The van der Waals surface area contributed by atoms with Gasteiger partial charge in [-0.15, -0.1) is 24.0 Å². The number of ether oxygens (including phenoxy) is 1. The molecule has 0 spiro atoms. The van der Waals surface area contributed by atoms with Crippen molar-refractivity contribution in [1.82, 2.24) is 25.1 Å². The third-order valence-electron chi connectivity index (χ3n) is 5.27. The summed E-state index contributed by atoms with van der Waals surface area (Å²) in [7, 11) is 7.81. The molecule has 1 saturated heterocycles. The third-order valence-corrected chi connectivity index (χ3v) is 5.81. The predicted octanol–water partition coefficient (Wildman–Crippen LogP) is 1.90. The second-order valence-corrected chi connectivity index (χ2v) is 8.15. The molecule has 2 fully saturated rings. The molecule has 3 rings (SSSR count). The number of hydrogen-bond donors (Lipinski definition) is 1. The molecule has 10 heteroatoms. The highest BCUT2D eigenvalue weighted by Gasteiger charge is 2.33. The van der Waals surface area contributed by atoms with E-state index in [9.17, 15) is 0 Å². The van der Waals surface area contributed by atoms with Gasteiger partial charge in [0.15, 0.2) is 5.96 Å². The van der Waals surface area contributed by atoms with Crippen molar-refractivity contribution in [3.05, 3.63) is 10.7 Å². The lowest BCUT2D eigenvalue weighted by molar-refractivity contribution is 0.260. The first-order valence-corrected chi connectivity index (χ1v) is 10.3. The number of hydrogen-bond acceptors (Lipinski definition) is 6. The molecule has 0 amide bonds. The standard InChI is InChI=1S/C18H30BrN7O.HI/c1-20-17(22-12-15(24(2)3)13-5-6-13)25-7-9-26(10-8-25)18-21-11-14(19)16(23-18)27-4;/h11,13,15H,5-10,12H2,1-4H3,(H,20,22);1H. The number of anilines is 1. The monoisotopic (exact) mass is 567 g/mol. The van der Waals surface area contributed by atoms with Crippen LogP contribution in [-0.4, -0.2) is 92.7 Å². The molecule has 1 saturated carbocycles. The number of rotatable bonds is 6. The summed E-state index contributed by atoms with van der Waals surface area (Å²) in [4.78, 5) is 20.2. The van der Waals surface area contributed by atoms with Gasteiger partial charge in [-0.2, -0.15) is 4.98 Å². The van der Waals surface area contributed by atoms with Crippen LogP contribution in [-0.2, 0) is 0 Å². The highest BCUT2D eigenvalue weighted by Crippen LogP contribution is 2.34. The molecular weight excluding hydrogens is 537 g/mol. The number of aromatic nitrogens is 2. The summed E-state index contributed by atoms with van der Waals surface area (Å²) in [5, 5.41) is 3.58. The average Bonchev–Trinajstić information content (AvgIpc) is 3.50. The molecule has 0 bridgehead atoms. The van der Waals surface area contributed by atoms with Gasteiger partial charge in [-0.25, -0.2) is 4.98 Å². The third kappa shape index (κ3) is 5.82. The van der Waals surface area contributed by atoms with Gasteiger partial charge < -0.3 is 24.8 Å².